The van der Waals surface area contributed by atoms with Crippen LogP contribution in [-0.4, -0.2) is 59.8 Å². The summed E-state index contributed by atoms with van der Waals surface area (Å²) in [5, 5.41) is 15.6. The second kappa shape index (κ2) is 7.22. The summed E-state index contributed by atoms with van der Waals surface area (Å²) in [6.45, 7) is 10.3. The van der Waals surface area contributed by atoms with Crippen molar-refractivity contribution in [1.82, 2.24) is 15.5 Å². The van der Waals surface area contributed by atoms with Gasteiger partial charge in [0.05, 0.1) is 12.6 Å². The molecular formula is C14H29N3O2. The maximum Gasteiger partial charge on any atom is 0.237 e. The zero-order chi connectivity index (χ0) is 14.5. The molecule has 0 aromatic carbocycles. The third kappa shape index (κ3) is 5.89. The quantitative estimate of drug-likeness (QED) is 0.652. The molecule has 19 heavy (non-hydrogen) atoms. The highest BCUT2D eigenvalue weighted by molar-refractivity contribution is 5.81. The molecule has 1 rings (SSSR count). The predicted octanol–water partition coefficient (Wildman–Crippen LogP) is 0.336. The van der Waals surface area contributed by atoms with Gasteiger partial charge in [-0.2, -0.15) is 0 Å². The molecule has 0 bridgehead atoms. The van der Waals surface area contributed by atoms with Gasteiger partial charge in [0, 0.05) is 24.7 Å². The summed E-state index contributed by atoms with van der Waals surface area (Å²) in [5.74, 6) is 0.0268. The average Bonchev–Trinajstić information content (AvgIpc) is 2.78. The number of rotatable bonds is 6. The fourth-order valence-electron chi connectivity index (χ4n) is 2.41. The van der Waals surface area contributed by atoms with E-state index in [4.69, 9.17) is 0 Å². The lowest BCUT2D eigenvalue weighted by Gasteiger charge is -2.32. The van der Waals surface area contributed by atoms with Crippen molar-refractivity contribution < 1.29 is 9.90 Å². The first-order valence-corrected chi connectivity index (χ1v) is 7.24. The first kappa shape index (κ1) is 16.4. The third-order valence-corrected chi connectivity index (χ3v) is 3.43. The first-order chi connectivity index (χ1) is 8.83. The van der Waals surface area contributed by atoms with E-state index in [-0.39, 0.29) is 24.1 Å². The summed E-state index contributed by atoms with van der Waals surface area (Å²) < 4.78 is 0. The maximum absolute atomic E-state index is 12.2. The highest BCUT2D eigenvalue weighted by Crippen LogP contribution is 2.10. The van der Waals surface area contributed by atoms with Gasteiger partial charge in [-0.15, -0.1) is 0 Å². The number of amides is 1. The molecule has 5 nitrogen and oxygen atoms in total. The molecule has 1 aliphatic heterocycles. The van der Waals surface area contributed by atoms with E-state index < -0.39 is 0 Å². The van der Waals surface area contributed by atoms with Gasteiger partial charge in [0.25, 0.3) is 0 Å². The van der Waals surface area contributed by atoms with Crippen LogP contribution in [0.3, 0.4) is 0 Å². The normalized spacial score (nSPS) is 21.7. The molecule has 0 saturated carbocycles. The van der Waals surface area contributed by atoms with Crippen LogP contribution in [0.1, 0.15) is 40.5 Å². The number of nitrogens with zero attached hydrogens (tertiary/aromatic N) is 1. The lowest BCUT2D eigenvalue weighted by molar-refractivity contribution is -0.127. The van der Waals surface area contributed by atoms with E-state index in [1.165, 1.54) is 6.42 Å². The predicted molar refractivity (Wildman–Crippen MR) is 77.0 cm³/mol. The van der Waals surface area contributed by atoms with Gasteiger partial charge in [0.1, 0.15) is 0 Å². The van der Waals surface area contributed by atoms with Crippen molar-refractivity contribution in [3.63, 3.8) is 0 Å². The number of carbonyl (C=O) groups excluding carboxylic acids is 1. The van der Waals surface area contributed by atoms with Crippen LogP contribution in [-0.2, 0) is 4.79 Å². The minimum atomic E-state index is -0.220. The number of carbonyl (C=O) groups is 1. The third-order valence-electron chi connectivity index (χ3n) is 3.43. The fraction of sp³-hybridized carbons (Fsp3) is 0.929. The Hall–Kier alpha value is -0.650. The van der Waals surface area contributed by atoms with Crippen LogP contribution in [0.25, 0.3) is 0 Å². The number of nitrogens with one attached hydrogen (secondary N) is 2. The summed E-state index contributed by atoms with van der Waals surface area (Å²) in [4.78, 5) is 14.3. The van der Waals surface area contributed by atoms with Crippen LogP contribution < -0.4 is 10.6 Å². The molecule has 1 aliphatic rings. The first-order valence-electron chi connectivity index (χ1n) is 7.24. The second-order valence-corrected chi connectivity index (χ2v) is 6.43. The molecule has 5 heteroatoms. The van der Waals surface area contributed by atoms with E-state index in [1.54, 1.807) is 0 Å². The van der Waals surface area contributed by atoms with Crippen molar-refractivity contribution in [3.05, 3.63) is 0 Å². The van der Waals surface area contributed by atoms with Crippen molar-refractivity contribution in [1.29, 1.82) is 0 Å². The Balaban J connectivity index is 2.55. The molecule has 0 aliphatic carbocycles. The maximum atomic E-state index is 12.2. The molecule has 2 unspecified atom stereocenters. The van der Waals surface area contributed by atoms with E-state index in [0.29, 0.717) is 12.6 Å². The SMILES string of the molecule is CC(C(=O)NC(C)(C)C)N(CCO)CC1CCCN1. The Labute approximate surface area is 116 Å². The topological polar surface area (TPSA) is 64.6 Å². The van der Waals surface area contributed by atoms with E-state index in [9.17, 15) is 9.90 Å². The molecule has 0 radical (unpaired) electrons. The zero-order valence-corrected chi connectivity index (χ0v) is 12.7. The van der Waals surface area contributed by atoms with Crippen LogP contribution >= 0.6 is 0 Å². The lowest BCUT2D eigenvalue weighted by Crippen LogP contribution is -2.53. The lowest BCUT2D eigenvalue weighted by atomic mass is 10.1. The Bertz CT molecular complexity index is 283. The monoisotopic (exact) mass is 271 g/mol. The smallest absolute Gasteiger partial charge is 0.237 e. The van der Waals surface area contributed by atoms with Crippen molar-refractivity contribution in [2.75, 3.05) is 26.2 Å². The highest BCUT2D eigenvalue weighted by atomic mass is 16.3. The largest absolute Gasteiger partial charge is 0.395 e. The van der Waals surface area contributed by atoms with Crippen LogP contribution in [0.2, 0.25) is 0 Å². The van der Waals surface area contributed by atoms with Crippen LogP contribution in [0.5, 0.6) is 0 Å². The van der Waals surface area contributed by atoms with Gasteiger partial charge in [0.15, 0.2) is 0 Å². The van der Waals surface area contributed by atoms with Crippen molar-refractivity contribution in [2.45, 2.75) is 58.2 Å². The number of aliphatic hydroxyl groups excluding tert-OH is 1. The van der Waals surface area contributed by atoms with Gasteiger partial charge < -0.3 is 15.7 Å². The summed E-state index contributed by atoms with van der Waals surface area (Å²) >= 11 is 0. The fourth-order valence-corrected chi connectivity index (χ4v) is 2.41. The molecule has 0 aromatic rings. The van der Waals surface area contributed by atoms with Crippen molar-refractivity contribution in [2.24, 2.45) is 0 Å². The Morgan fingerprint density at radius 1 is 1.53 bits per heavy atom. The summed E-state index contributed by atoms with van der Waals surface area (Å²) in [7, 11) is 0. The second-order valence-electron chi connectivity index (χ2n) is 6.43. The summed E-state index contributed by atoms with van der Waals surface area (Å²) in [6.07, 6.45) is 2.34. The number of hydrogen-bond donors (Lipinski definition) is 3. The molecule has 1 saturated heterocycles. The van der Waals surface area contributed by atoms with Gasteiger partial charge >= 0.3 is 0 Å². The molecule has 2 atom stereocenters. The van der Waals surface area contributed by atoms with Gasteiger partial charge in [-0.25, -0.2) is 0 Å². The Kier molecular flexibility index (Phi) is 6.23. The van der Waals surface area contributed by atoms with Crippen molar-refractivity contribution >= 4 is 5.91 Å². The highest BCUT2D eigenvalue weighted by Gasteiger charge is 2.27. The van der Waals surface area contributed by atoms with E-state index in [2.05, 4.69) is 15.5 Å². The van der Waals surface area contributed by atoms with Crippen LogP contribution in [0.15, 0.2) is 0 Å². The number of hydrogen-bond acceptors (Lipinski definition) is 4. The molecular weight excluding hydrogens is 242 g/mol. The van der Waals surface area contributed by atoms with Gasteiger partial charge in [-0.05, 0) is 47.1 Å². The van der Waals surface area contributed by atoms with Crippen molar-refractivity contribution in [3.8, 4) is 0 Å². The molecule has 1 heterocycles. The minimum absolute atomic E-state index is 0.0268. The summed E-state index contributed by atoms with van der Waals surface area (Å²) in [6, 6.07) is 0.227. The zero-order valence-electron chi connectivity index (χ0n) is 12.7. The van der Waals surface area contributed by atoms with Gasteiger partial charge in [0.2, 0.25) is 5.91 Å². The van der Waals surface area contributed by atoms with Gasteiger partial charge in [-0.3, -0.25) is 9.69 Å². The number of aliphatic hydroxyl groups is 1. The van der Waals surface area contributed by atoms with E-state index in [1.807, 2.05) is 27.7 Å². The van der Waals surface area contributed by atoms with Crippen LogP contribution in [0.4, 0.5) is 0 Å². The van der Waals surface area contributed by atoms with E-state index >= 15 is 0 Å². The minimum Gasteiger partial charge on any atom is -0.395 e. The standard InChI is InChI=1S/C14H29N3O2/c1-11(13(19)16-14(2,3)4)17(8-9-18)10-12-6-5-7-15-12/h11-12,15,18H,5-10H2,1-4H3,(H,16,19). The van der Waals surface area contributed by atoms with E-state index in [0.717, 1.165) is 19.5 Å². The Morgan fingerprint density at radius 3 is 2.68 bits per heavy atom. The van der Waals surface area contributed by atoms with Gasteiger partial charge in [-0.1, -0.05) is 0 Å². The molecule has 1 amide bonds. The molecule has 112 valence electrons. The molecule has 3 N–H and O–H groups in total. The van der Waals surface area contributed by atoms with Crippen LogP contribution in [0, 0.1) is 0 Å². The molecule has 0 spiro atoms. The molecule has 1 fully saturated rings. The Morgan fingerprint density at radius 2 is 2.21 bits per heavy atom. The summed E-state index contributed by atoms with van der Waals surface area (Å²) in [5.41, 5.74) is -0.220. The molecule has 0 aromatic heterocycles. The average molecular weight is 271 g/mol.